The van der Waals surface area contributed by atoms with Crippen molar-refractivity contribution in [2.24, 2.45) is 5.92 Å². The van der Waals surface area contributed by atoms with Crippen LogP contribution in [0.5, 0.6) is 0 Å². The highest BCUT2D eigenvalue weighted by molar-refractivity contribution is 5.76. The molecule has 1 amide bonds. The Morgan fingerprint density at radius 2 is 2.53 bits per heavy atom. The number of piperidine rings is 1. The molecule has 1 atom stereocenters. The number of likely N-dealkylation sites (tertiary alicyclic amines) is 1. The molecule has 4 heteroatoms. The van der Waals surface area contributed by atoms with Crippen molar-refractivity contribution in [2.45, 2.75) is 25.8 Å². The number of carbonyl (C=O) groups excluding carboxylic acids is 1. The van der Waals surface area contributed by atoms with Crippen molar-refractivity contribution < 1.29 is 9.21 Å². The first kappa shape index (κ1) is 12.2. The van der Waals surface area contributed by atoms with Crippen molar-refractivity contribution >= 4 is 5.91 Å². The van der Waals surface area contributed by atoms with Crippen LogP contribution >= 0.6 is 0 Å². The van der Waals surface area contributed by atoms with Crippen LogP contribution in [0.1, 0.15) is 25.0 Å². The fourth-order valence-electron chi connectivity index (χ4n) is 2.37. The second kappa shape index (κ2) is 5.87. The van der Waals surface area contributed by atoms with Crippen LogP contribution in [-0.2, 0) is 11.3 Å². The maximum atomic E-state index is 11.7. The molecular formula is C13H20N2O2. The first-order chi connectivity index (χ1) is 8.24. The summed E-state index contributed by atoms with van der Waals surface area (Å²) in [7, 11) is 2.12. The first-order valence-electron chi connectivity index (χ1n) is 6.21. The molecule has 1 unspecified atom stereocenters. The summed E-state index contributed by atoms with van der Waals surface area (Å²) in [6.45, 7) is 2.69. The molecule has 1 aliphatic heterocycles. The summed E-state index contributed by atoms with van der Waals surface area (Å²) in [4.78, 5) is 14.0. The lowest BCUT2D eigenvalue weighted by Gasteiger charge is -2.29. The number of furan rings is 1. The molecule has 0 aromatic carbocycles. The molecule has 1 fully saturated rings. The maximum absolute atomic E-state index is 11.7. The summed E-state index contributed by atoms with van der Waals surface area (Å²) < 4.78 is 5.17. The lowest BCUT2D eigenvalue weighted by Crippen LogP contribution is -2.35. The van der Waals surface area contributed by atoms with Gasteiger partial charge >= 0.3 is 0 Å². The molecule has 1 aromatic rings. The van der Waals surface area contributed by atoms with E-state index in [9.17, 15) is 4.79 Å². The fraction of sp³-hybridized carbons (Fsp3) is 0.615. The molecule has 17 heavy (non-hydrogen) atoms. The Labute approximate surface area is 102 Å². The van der Waals surface area contributed by atoms with E-state index in [1.807, 2.05) is 12.1 Å². The average Bonchev–Trinajstić information content (AvgIpc) is 2.79. The third-order valence-corrected chi connectivity index (χ3v) is 3.24. The molecule has 0 spiro atoms. The van der Waals surface area contributed by atoms with Crippen molar-refractivity contribution in [1.29, 1.82) is 0 Å². The minimum atomic E-state index is 0.127. The van der Waals surface area contributed by atoms with E-state index in [1.54, 1.807) is 6.26 Å². The average molecular weight is 236 g/mol. The molecule has 4 nitrogen and oxygen atoms in total. The van der Waals surface area contributed by atoms with Gasteiger partial charge in [0, 0.05) is 13.0 Å². The third-order valence-electron chi connectivity index (χ3n) is 3.24. The summed E-state index contributed by atoms with van der Waals surface area (Å²) in [6, 6.07) is 3.70. The van der Waals surface area contributed by atoms with Gasteiger partial charge in [0.05, 0.1) is 12.8 Å². The molecule has 94 valence electrons. The molecule has 1 aliphatic rings. The Morgan fingerprint density at radius 3 is 3.24 bits per heavy atom. The minimum Gasteiger partial charge on any atom is -0.467 e. The standard InChI is InChI=1S/C13H20N2O2/c1-15-6-2-4-11(10-15)8-13(16)14-9-12-5-3-7-17-12/h3,5,7,11H,2,4,6,8-10H2,1H3,(H,14,16). The highest BCUT2D eigenvalue weighted by atomic mass is 16.3. The third kappa shape index (κ3) is 3.89. The van der Waals surface area contributed by atoms with E-state index < -0.39 is 0 Å². The van der Waals surface area contributed by atoms with E-state index >= 15 is 0 Å². The van der Waals surface area contributed by atoms with Crippen LogP contribution in [0.25, 0.3) is 0 Å². The number of hydrogen-bond donors (Lipinski definition) is 1. The Balaban J connectivity index is 1.70. The van der Waals surface area contributed by atoms with Crippen LogP contribution in [-0.4, -0.2) is 30.9 Å². The Hall–Kier alpha value is -1.29. The Bertz CT molecular complexity index is 348. The lowest BCUT2D eigenvalue weighted by molar-refractivity contribution is -0.122. The predicted octanol–water partition coefficient (Wildman–Crippen LogP) is 1.63. The number of hydrogen-bond acceptors (Lipinski definition) is 3. The Kier molecular flexibility index (Phi) is 4.20. The number of nitrogens with one attached hydrogen (secondary N) is 1. The molecule has 0 bridgehead atoms. The summed E-state index contributed by atoms with van der Waals surface area (Å²) in [5.41, 5.74) is 0. The smallest absolute Gasteiger partial charge is 0.220 e. The monoisotopic (exact) mass is 236 g/mol. The molecule has 0 aliphatic carbocycles. The molecular weight excluding hydrogens is 216 g/mol. The van der Waals surface area contributed by atoms with E-state index in [4.69, 9.17) is 4.42 Å². The summed E-state index contributed by atoms with van der Waals surface area (Å²) in [5, 5.41) is 2.90. The molecule has 1 saturated heterocycles. The summed E-state index contributed by atoms with van der Waals surface area (Å²) in [6.07, 6.45) is 4.62. The number of carbonyl (C=O) groups is 1. The van der Waals surface area contributed by atoms with Gasteiger partial charge in [-0.1, -0.05) is 0 Å². The normalized spacial score (nSPS) is 21.4. The fourth-order valence-corrected chi connectivity index (χ4v) is 2.37. The van der Waals surface area contributed by atoms with Gasteiger partial charge < -0.3 is 14.6 Å². The molecule has 1 aromatic heterocycles. The summed E-state index contributed by atoms with van der Waals surface area (Å²) in [5.74, 6) is 1.44. The zero-order valence-electron chi connectivity index (χ0n) is 10.3. The Morgan fingerprint density at radius 1 is 1.65 bits per heavy atom. The topological polar surface area (TPSA) is 45.5 Å². The highest BCUT2D eigenvalue weighted by Gasteiger charge is 2.19. The predicted molar refractivity (Wildman–Crippen MR) is 65.4 cm³/mol. The van der Waals surface area contributed by atoms with E-state index in [2.05, 4.69) is 17.3 Å². The van der Waals surface area contributed by atoms with Crippen LogP contribution in [0.15, 0.2) is 22.8 Å². The molecule has 0 radical (unpaired) electrons. The van der Waals surface area contributed by atoms with Crippen LogP contribution in [0.3, 0.4) is 0 Å². The van der Waals surface area contributed by atoms with Crippen molar-refractivity contribution in [3.8, 4) is 0 Å². The van der Waals surface area contributed by atoms with Gasteiger partial charge in [0.25, 0.3) is 0 Å². The number of nitrogens with zero attached hydrogens (tertiary/aromatic N) is 1. The van der Waals surface area contributed by atoms with Crippen molar-refractivity contribution in [3.05, 3.63) is 24.2 Å². The minimum absolute atomic E-state index is 0.127. The van der Waals surface area contributed by atoms with Gasteiger partial charge in [0.2, 0.25) is 5.91 Å². The van der Waals surface area contributed by atoms with Gasteiger partial charge in [0.15, 0.2) is 0 Å². The molecule has 1 N–H and O–H groups in total. The highest BCUT2D eigenvalue weighted by Crippen LogP contribution is 2.18. The first-order valence-corrected chi connectivity index (χ1v) is 6.21. The van der Waals surface area contributed by atoms with Gasteiger partial charge in [-0.25, -0.2) is 0 Å². The van der Waals surface area contributed by atoms with Crippen molar-refractivity contribution in [3.63, 3.8) is 0 Å². The number of amides is 1. The molecule has 2 heterocycles. The van der Waals surface area contributed by atoms with Crippen molar-refractivity contribution in [1.82, 2.24) is 10.2 Å². The number of rotatable bonds is 4. The SMILES string of the molecule is CN1CCCC(CC(=O)NCc2ccco2)C1. The second-order valence-electron chi connectivity index (χ2n) is 4.83. The zero-order valence-corrected chi connectivity index (χ0v) is 10.3. The van der Waals surface area contributed by atoms with Crippen molar-refractivity contribution in [2.75, 3.05) is 20.1 Å². The summed E-state index contributed by atoms with van der Waals surface area (Å²) >= 11 is 0. The molecule has 0 saturated carbocycles. The van der Waals surface area contributed by atoms with Gasteiger partial charge in [-0.2, -0.15) is 0 Å². The van der Waals surface area contributed by atoms with Crippen LogP contribution in [0.4, 0.5) is 0 Å². The largest absolute Gasteiger partial charge is 0.467 e. The molecule has 2 rings (SSSR count). The van der Waals surface area contributed by atoms with Crippen LogP contribution in [0, 0.1) is 5.92 Å². The van der Waals surface area contributed by atoms with E-state index in [1.165, 1.54) is 12.8 Å². The van der Waals surface area contributed by atoms with E-state index in [0.717, 1.165) is 18.8 Å². The van der Waals surface area contributed by atoms with Gasteiger partial charge in [-0.05, 0) is 44.5 Å². The van der Waals surface area contributed by atoms with Gasteiger partial charge in [-0.15, -0.1) is 0 Å². The zero-order chi connectivity index (χ0) is 12.1. The lowest BCUT2D eigenvalue weighted by atomic mass is 9.95. The van der Waals surface area contributed by atoms with Gasteiger partial charge in [0.1, 0.15) is 5.76 Å². The second-order valence-corrected chi connectivity index (χ2v) is 4.83. The van der Waals surface area contributed by atoms with E-state index in [0.29, 0.717) is 18.9 Å². The van der Waals surface area contributed by atoms with Crippen LogP contribution < -0.4 is 5.32 Å². The van der Waals surface area contributed by atoms with E-state index in [-0.39, 0.29) is 5.91 Å². The maximum Gasteiger partial charge on any atom is 0.220 e. The quantitative estimate of drug-likeness (QED) is 0.864. The van der Waals surface area contributed by atoms with Crippen LogP contribution in [0.2, 0.25) is 0 Å². The van der Waals surface area contributed by atoms with Gasteiger partial charge in [-0.3, -0.25) is 4.79 Å².